The van der Waals surface area contributed by atoms with E-state index in [0.29, 0.717) is 29.5 Å². The summed E-state index contributed by atoms with van der Waals surface area (Å²) in [6.45, 7) is 0.419. The van der Waals surface area contributed by atoms with Crippen molar-refractivity contribution in [3.05, 3.63) is 90.0 Å². The van der Waals surface area contributed by atoms with Gasteiger partial charge in [-0.15, -0.1) is 0 Å². The molecule has 0 spiro atoms. The molecule has 1 aliphatic rings. The molecule has 0 saturated carbocycles. The number of ether oxygens (including phenoxy) is 1. The highest BCUT2D eigenvalue weighted by Gasteiger charge is 2.35. The summed E-state index contributed by atoms with van der Waals surface area (Å²) in [5, 5.41) is 13.5. The van der Waals surface area contributed by atoms with Crippen molar-refractivity contribution in [1.82, 2.24) is 4.90 Å². The van der Waals surface area contributed by atoms with Crippen LogP contribution in [-0.2, 0) is 16.0 Å². The van der Waals surface area contributed by atoms with Gasteiger partial charge in [0.2, 0.25) is 11.8 Å². The van der Waals surface area contributed by atoms with E-state index >= 15 is 0 Å². The van der Waals surface area contributed by atoms with Crippen LogP contribution in [-0.4, -0.2) is 46.8 Å². The van der Waals surface area contributed by atoms with Crippen molar-refractivity contribution in [2.75, 3.05) is 19.0 Å². The van der Waals surface area contributed by atoms with Crippen molar-refractivity contribution >= 4 is 46.1 Å². The molecule has 0 bridgehead atoms. The Bertz CT molecular complexity index is 1260. The lowest BCUT2D eigenvalue weighted by Gasteiger charge is -2.32. The first kappa shape index (κ1) is 25.0. The van der Waals surface area contributed by atoms with Crippen LogP contribution in [0.2, 0.25) is 0 Å². The van der Waals surface area contributed by atoms with Gasteiger partial charge in [-0.1, -0.05) is 54.2 Å². The number of amidine groups is 1. The number of carboxylic acids is 1. The molecule has 3 aromatic rings. The molecule has 4 rings (SSSR count). The van der Waals surface area contributed by atoms with Crippen LogP contribution in [0.25, 0.3) is 0 Å². The van der Waals surface area contributed by atoms with Gasteiger partial charge in [0.1, 0.15) is 11.0 Å². The maximum absolute atomic E-state index is 13.2. The molecule has 1 aliphatic heterocycles. The first-order valence-corrected chi connectivity index (χ1v) is 12.2. The Hall–Kier alpha value is -4.11. The minimum absolute atomic E-state index is 0.0139. The van der Waals surface area contributed by atoms with Crippen LogP contribution in [0, 0.1) is 0 Å². The Morgan fingerprint density at radius 1 is 1.06 bits per heavy atom. The van der Waals surface area contributed by atoms with Crippen LogP contribution in [0.15, 0.2) is 83.9 Å². The fourth-order valence-electron chi connectivity index (χ4n) is 3.62. The monoisotopic (exact) mass is 502 g/mol. The van der Waals surface area contributed by atoms with Crippen LogP contribution in [0.3, 0.4) is 0 Å². The van der Waals surface area contributed by atoms with Gasteiger partial charge in [0, 0.05) is 18.7 Å². The Kier molecular flexibility index (Phi) is 8.02. The molecule has 2 amide bonds. The van der Waals surface area contributed by atoms with Gasteiger partial charge >= 0.3 is 0 Å². The number of thioether (sulfide) groups is 1. The summed E-state index contributed by atoms with van der Waals surface area (Å²) in [7, 11) is 1.61. The summed E-state index contributed by atoms with van der Waals surface area (Å²) in [4.78, 5) is 43.4. The van der Waals surface area contributed by atoms with Crippen molar-refractivity contribution in [3.8, 4) is 5.75 Å². The van der Waals surface area contributed by atoms with E-state index in [4.69, 9.17) is 4.74 Å². The summed E-state index contributed by atoms with van der Waals surface area (Å²) >= 11 is 1.23. The third-order valence-corrected chi connectivity index (χ3v) is 6.77. The SMILES string of the molecule is COc1ccc(CCN2C(=O)C[C@@H](C(=O)Nc3ccc(C(=O)[O-])cc3)SC2=Nc2ccccc2)cc1. The largest absolute Gasteiger partial charge is 0.545 e. The molecule has 0 unspecified atom stereocenters. The average molecular weight is 503 g/mol. The second-order valence-corrected chi connectivity index (χ2v) is 9.21. The number of anilines is 1. The van der Waals surface area contributed by atoms with Gasteiger partial charge in [0.05, 0.1) is 18.8 Å². The van der Waals surface area contributed by atoms with Gasteiger partial charge in [-0.3, -0.25) is 14.5 Å². The van der Waals surface area contributed by atoms with E-state index in [1.54, 1.807) is 12.0 Å². The van der Waals surface area contributed by atoms with E-state index in [9.17, 15) is 19.5 Å². The minimum Gasteiger partial charge on any atom is -0.545 e. The van der Waals surface area contributed by atoms with Gasteiger partial charge in [-0.05, 0) is 53.9 Å². The van der Waals surface area contributed by atoms with Crippen LogP contribution in [0.1, 0.15) is 22.3 Å². The Morgan fingerprint density at radius 3 is 2.39 bits per heavy atom. The second-order valence-electron chi connectivity index (χ2n) is 8.04. The summed E-state index contributed by atoms with van der Waals surface area (Å²) in [5.41, 5.74) is 2.18. The van der Waals surface area contributed by atoms with Gasteiger partial charge in [0.15, 0.2) is 5.17 Å². The van der Waals surface area contributed by atoms with Crippen LogP contribution in [0.4, 0.5) is 11.4 Å². The summed E-state index contributed by atoms with van der Waals surface area (Å²) < 4.78 is 5.20. The lowest BCUT2D eigenvalue weighted by molar-refractivity contribution is -0.255. The smallest absolute Gasteiger partial charge is 0.238 e. The number of rotatable bonds is 8. The summed E-state index contributed by atoms with van der Waals surface area (Å²) in [6, 6.07) is 22.6. The standard InChI is InChI=1S/C27H25N3O5S/c1-35-22-13-7-18(8-14-22)15-16-30-24(31)17-23(36-27(30)29-20-5-3-2-4-6-20)25(32)28-21-11-9-19(10-12-21)26(33)34/h2-14,23H,15-17H2,1H3,(H,28,32)(H,33,34)/p-1/t23-/m0/s1. The minimum atomic E-state index is -1.29. The molecular weight excluding hydrogens is 478 g/mol. The quantitative estimate of drug-likeness (QED) is 0.506. The van der Waals surface area contributed by atoms with E-state index in [1.165, 1.54) is 36.0 Å². The fourth-order valence-corrected chi connectivity index (χ4v) is 4.74. The maximum Gasteiger partial charge on any atom is 0.238 e. The highest BCUT2D eigenvalue weighted by molar-refractivity contribution is 8.15. The predicted octanol–water partition coefficient (Wildman–Crippen LogP) is 3.26. The number of aliphatic imine (C=N–C) groups is 1. The van der Waals surface area contributed by atoms with E-state index in [0.717, 1.165) is 11.3 Å². The number of nitrogens with one attached hydrogen (secondary N) is 1. The van der Waals surface area contributed by atoms with E-state index in [2.05, 4.69) is 10.3 Å². The Morgan fingerprint density at radius 2 is 1.75 bits per heavy atom. The molecule has 1 N–H and O–H groups in total. The molecule has 184 valence electrons. The molecule has 1 heterocycles. The zero-order valence-electron chi connectivity index (χ0n) is 19.5. The lowest BCUT2D eigenvalue weighted by atomic mass is 10.1. The molecule has 9 heteroatoms. The van der Waals surface area contributed by atoms with E-state index in [-0.39, 0.29) is 23.8 Å². The normalized spacial score (nSPS) is 16.6. The van der Waals surface area contributed by atoms with Crippen molar-refractivity contribution in [1.29, 1.82) is 0 Å². The molecule has 0 aromatic heterocycles. The van der Waals surface area contributed by atoms with Gasteiger partial charge in [-0.2, -0.15) is 0 Å². The molecule has 0 aliphatic carbocycles. The first-order chi connectivity index (χ1) is 17.4. The van der Waals surface area contributed by atoms with Crippen LogP contribution < -0.4 is 15.2 Å². The van der Waals surface area contributed by atoms with Crippen molar-refractivity contribution < 1.29 is 24.2 Å². The number of carbonyl (C=O) groups excluding carboxylic acids is 3. The predicted molar refractivity (Wildman–Crippen MR) is 137 cm³/mol. The number of aromatic carboxylic acids is 1. The number of amides is 2. The molecule has 1 atom stereocenters. The summed E-state index contributed by atoms with van der Waals surface area (Å²) in [5.74, 6) is -1.08. The van der Waals surface area contributed by atoms with E-state index < -0.39 is 11.2 Å². The number of methoxy groups -OCH3 is 1. The van der Waals surface area contributed by atoms with Crippen molar-refractivity contribution in [2.45, 2.75) is 18.1 Å². The number of carbonyl (C=O) groups is 3. The first-order valence-electron chi connectivity index (χ1n) is 11.3. The Labute approximate surface area is 213 Å². The molecule has 1 saturated heterocycles. The average Bonchev–Trinajstić information content (AvgIpc) is 2.89. The number of hydrogen-bond acceptors (Lipinski definition) is 7. The highest BCUT2D eigenvalue weighted by atomic mass is 32.2. The Balaban J connectivity index is 1.50. The lowest BCUT2D eigenvalue weighted by Crippen LogP contribution is -2.46. The zero-order valence-corrected chi connectivity index (χ0v) is 20.4. The van der Waals surface area contributed by atoms with Crippen LogP contribution >= 0.6 is 11.8 Å². The molecule has 0 radical (unpaired) electrons. The molecule has 3 aromatic carbocycles. The fraction of sp³-hybridized carbons (Fsp3) is 0.185. The maximum atomic E-state index is 13.2. The molecule has 8 nitrogen and oxygen atoms in total. The number of hydrogen-bond donors (Lipinski definition) is 1. The van der Waals surface area contributed by atoms with Gasteiger partial charge in [0.25, 0.3) is 0 Å². The van der Waals surface area contributed by atoms with Gasteiger partial charge in [-0.25, -0.2) is 4.99 Å². The third-order valence-electron chi connectivity index (χ3n) is 5.58. The molecule has 36 heavy (non-hydrogen) atoms. The highest BCUT2D eigenvalue weighted by Crippen LogP contribution is 2.30. The number of para-hydroxylation sites is 1. The second kappa shape index (κ2) is 11.5. The topological polar surface area (TPSA) is 111 Å². The zero-order chi connectivity index (χ0) is 25.5. The number of nitrogens with zero attached hydrogens (tertiary/aromatic N) is 2. The number of carboxylic acid groups (broad SMARTS) is 1. The summed E-state index contributed by atoms with van der Waals surface area (Å²) in [6.07, 6.45) is 0.635. The van der Waals surface area contributed by atoms with Gasteiger partial charge < -0.3 is 20.0 Å². The van der Waals surface area contributed by atoms with Crippen molar-refractivity contribution in [2.24, 2.45) is 4.99 Å². The van der Waals surface area contributed by atoms with E-state index in [1.807, 2.05) is 54.6 Å². The van der Waals surface area contributed by atoms with Crippen LogP contribution in [0.5, 0.6) is 5.75 Å². The van der Waals surface area contributed by atoms with Crippen molar-refractivity contribution in [3.63, 3.8) is 0 Å². The molecule has 1 fully saturated rings. The number of benzene rings is 3. The molecular formula is C27H24N3O5S-. The third kappa shape index (κ3) is 6.31.